The minimum Gasteiger partial charge on any atom is -0.436 e. The molecular formula is C16H22O4. The number of carbonyl (C=O) groups excluding carboxylic acids is 2. The molecule has 0 radical (unpaired) electrons. The molecule has 0 amide bonds. The predicted octanol–water partition coefficient (Wildman–Crippen LogP) is 2.62. The normalized spacial score (nSPS) is 35.5. The molecular weight excluding hydrogens is 256 g/mol. The Labute approximate surface area is 119 Å². The van der Waals surface area contributed by atoms with E-state index in [0.29, 0.717) is 6.42 Å². The van der Waals surface area contributed by atoms with Gasteiger partial charge in [0, 0.05) is 11.8 Å². The first-order chi connectivity index (χ1) is 9.48. The summed E-state index contributed by atoms with van der Waals surface area (Å²) >= 11 is 0. The molecule has 3 rings (SSSR count). The van der Waals surface area contributed by atoms with Crippen LogP contribution in [0.3, 0.4) is 0 Å². The van der Waals surface area contributed by atoms with Crippen LogP contribution in [-0.4, -0.2) is 23.6 Å². The van der Waals surface area contributed by atoms with Crippen LogP contribution in [0.5, 0.6) is 0 Å². The minimum absolute atomic E-state index is 0.0684. The Bertz CT molecular complexity index is 447. The quantitative estimate of drug-likeness (QED) is 0.450. The van der Waals surface area contributed by atoms with E-state index in [1.54, 1.807) is 6.92 Å². The molecule has 0 heterocycles. The number of rotatable bonds is 4. The highest BCUT2D eigenvalue weighted by atomic mass is 16.7. The molecule has 0 saturated heterocycles. The molecule has 0 aromatic rings. The van der Waals surface area contributed by atoms with Crippen molar-refractivity contribution in [3.8, 4) is 0 Å². The Morgan fingerprint density at radius 3 is 2.60 bits per heavy atom. The van der Waals surface area contributed by atoms with Gasteiger partial charge in [-0.15, -0.1) is 0 Å². The van der Waals surface area contributed by atoms with Gasteiger partial charge in [-0.1, -0.05) is 25.0 Å². The summed E-state index contributed by atoms with van der Waals surface area (Å²) in [6.45, 7) is 3.85. The van der Waals surface area contributed by atoms with E-state index in [9.17, 15) is 9.59 Å². The van der Waals surface area contributed by atoms with Crippen molar-refractivity contribution >= 4 is 11.8 Å². The second kappa shape index (κ2) is 4.99. The smallest absolute Gasteiger partial charge is 0.312 e. The fraction of sp³-hybridized carbons (Fsp3) is 0.750. The average molecular weight is 278 g/mol. The van der Waals surface area contributed by atoms with Crippen molar-refractivity contribution < 1.29 is 19.1 Å². The number of allylic oxidation sites excluding steroid dienone is 2. The van der Waals surface area contributed by atoms with Crippen LogP contribution in [0.25, 0.3) is 0 Å². The minimum atomic E-state index is -0.538. The molecule has 4 nitrogen and oxygen atoms in total. The van der Waals surface area contributed by atoms with Gasteiger partial charge in [0.25, 0.3) is 0 Å². The zero-order valence-electron chi connectivity index (χ0n) is 12.1. The van der Waals surface area contributed by atoms with Crippen LogP contribution in [0.15, 0.2) is 12.2 Å². The molecule has 110 valence electrons. The second-order valence-corrected chi connectivity index (χ2v) is 6.54. The van der Waals surface area contributed by atoms with Crippen LogP contribution < -0.4 is 0 Å². The maximum Gasteiger partial charge on any atom is 0.312 e. The maximum atomic E-state index is 12.2. The Balaban J connectivity index is 1.54. The fourth-order valence-corrected chi connectivity index (χ4v) is 3.80. The van der Waals surface area contributed by atoms with E-state index in [-0.39, 0.29) is 35.1 Å². The summed E-state index contributed by atoms with van der Waals surface area (Å²) in [5.41, 5.74) is -0.163. The van der Waals surface area contributed by atoms with E-state index < -0.39 is 6.29 Å². The van der Waals surface area contributed by atoms with Gasteiger partial charge in [-0.25, -0.2) is 0 Å². The van der Waals surface area contributed by atoms with Gasteiger partial charge in [0.2, 0.25) is 6.29 Å². The number of ketones is 1. The molecule has 0 spiro atoms. The molecule has 2 fully saturated rings. The van der Waals surface area contributed by atoms with Crippen LogP contribution in [0, 0.1) is 17.8 Å². The molecule has 3 aliphatic carbocycles. The van der Waals surface area contributed by atoms with E-state index in [1.807, 2.05) is 12.2 Å². The van der Waals surface area contributed by atoms with E-state index in [4.69, 9.17) is 9.47 Å². The molecule has 2 saturated carbocycles. The molecule has 4 atom stereocenters. The third kappa shape index (κ3) is 2.41. The lowest BCUT2D eigenvalue weighted by Gasteiger charge is -2.29. The van der Waals surface area contributed by atoms with E-state index in [0.717, 1.165) is 12.8 Å². The van der Waals surface area contributed by atoms with Crippen LogP contribution >= 0.6 is 0 Å². The number of carbonyl (C=O) groups is 2. The number of esters is 1. The van der Waals surface area contributed by atoms with Gasteiger partial charge in [0.15, 0.2) is 0 Å². The SMILES string of the molecule is CC(OC(=O)C1CC2C=CC1C2=O)OC1(C)CCCC1. The monoisotopic (exact) mass is 278 g/mol. The number of hydrogen-bond acceptors (Lipinski definition) is 4. The maximum absolute atomic E-state index is 12.2. The van der Waals surface area contributed by atoms with Crippen molar-refractivity contribution in [3.05, 3.63) is 12.2 Å². The highest BCUT2D eigenvalue weighted by Gasteiger charge is 2.48. The second-order valence-electron chi connectivity index (χ2n) is 6.54. The largest absolute Gasteiger partial charge is 0.436 e. The van der Waals surface area contributed by atoms with Crippen molar-refractivity contribution in [1.29, 1.82) is 0 Å². The van der Waals surface area contributed by atoms with Crippen LogP contribution in [0.4, 0.5) is 0 Å². The van der Waals surface area contributed by atoms with Gasteiger partial charge in [0.1, 0.15) is 5.78 Å². The van der Waals surface area contributed by atoms with Crippen LogP contribution in [0.2, 0.25) is 0 Å². The van der Waals surface area contributed by atoms with E-state index in [2.05, 4.69) is 6.92 Å². The standard InChI is InChI=1S/C16H22O4/c1-10(20-16(2)7-3-4-8-16)19-15(18)13-9-11-5-6-12(13)14(11)17/h5-6,10-13H,3-4,7-9H2,1-2H3. The summed E-state index contributed by atoms with van der Waals surface area (Å²) < 4.78 is 11.3. The first-order valence-electron chi connectivity index (χ1n) is 7.59. The topological polar surface area (TPSA) is 52.6 Å². The lowest BCUT2D eigenvalue weighted by atomic mass is 9.94. The molecule has 2 bridgehead atoms. The summed E-state index contributed by atoms with van der Waals surface area (Å²) in [7, 11) is 0. The number of fused-ring (bicyclic) bond motifs is 2. The predicted molar refractivity (Wildman–Crippen MR) is 72.7 cm³/mol. The van der Waals surface area contributed by atoms with E-state index >= 15 is 0 Å². The Kier molecular flexibility index (Phi) is 3.44. The van der Waals surface area contributed by atoms with Gasteiger partial charge >= 0.3 is 5.97 Å². The zero-order chi connectivity index (χ0) is 14.3. The summed E-state index contributed by atoms with van der Waals surface area (Å²) in [4.78, 5) is 24.0. The highest BCUT2D eigenvalue weighted by molar-refractivity contribution is 5.96. The summed E-state index contributed by atoms with van der Waals surface area (Å²) in [6, 6.07) is 0. The number of ether oxygens (including phenoxy) is 2. The first kappa shape index (κ1) is 13.8. The third-order valence-electron chi connectivity index (χ3n) is 4.88. The number of hydrogen-bond donors (Lipinski definition) is 0. The Morgan fingerprint density at radius 2 is 2.05 bits per heavy atom. The molecule has 0 N–H and O–H groups in total. The molecule has 0 aliphatic heterocycles. The van der Waals surface area contributed by atoms with Gasteiger partial charge in [-0.05, 0) is 33.1 Å². The molecule has 20 heavy (non-hydrogen) atoms. The van der Waals surface area contributed by atoms with Crippen molar-refractivity contribution in [2.75, 3.05) is 0 Å². The van der Waals surface area contributed by atoms with Crippen molar-refractivity contribution in [2.24, 2.45) is 17.8 Å². The third-order valence-corrected chi connectivity index (χ3v) is 4.88. The summed E-state index contributed by atoms with van der Waals surface area (Å²) in [5, 5.41) is 0. The fourth-order valence-electron chi connectivity index (χ4n) is 3.80. The number of Topliss-reactive ketones (excluding diaryl/α,β-unsaturated/α-hetero) is 1. The van der Waals surface area contributed by atoms with Crippen molar-refractivity contribution in [2.45, 2.75) is 57.8 Å². The van der Waals surface area contributed by atoms with Gasteiger partial charge in [-0.2, -0.15) is 0 Å². The highest BCUT2D eigenvalue weighted by Crippen LogP contribution is 2.41. The Morgan fingerprint density at radius 1 is 1.35 bits per heavy atom. The zero-order valence-corrected chi connectivity index (χ0v) is 12.1. The van der Waals surface area contributed by atoms with Gasteiger partial charge in [0.05, 0.1) is 11.5 Å². The van der Waals surface area contributed by atoms with Crippen molar-refractivity contribution in [1.82, 2.24) is 0 Å². The van der Waals surface area contributed by atoms with Crippen molar-refractivity contribution in [3.63, 3.8) is 0 Å². The van der Waals surface area contributed by atoms with Crippen LogP contribution in [-0.2, 0) is 19.1 Å². The summed E-state index contributed by atoms with van der Waals surface area (Å²) in [6.07, 6.45) is 8.20. The summed E-state index contributed by atoms with van der Waals surface area (Å²) in [5.74, 6) is -0.754. The first-order valence-corrected chi connectivity index (χ1v) is 7.59. The van der Waals surface area contributed by atoms with Crippen LogP contribution in [0.1, 0.15) is 46.0 Å². The molecule has 3 aliphatic rings. The molecule has 4 heteroatoms. The lowest BCUT2D eigenvalue weighted by molar-refractivity contribution is -0.206. The lowest BCUT2D eigenvalue weighted by Crippen LogP contribution is -2.34. The molecule has 0 aromatic heterocycles. The van der Waals surface area contributed by atoms with Gasteiger partial charge in [-0.3, -0.25) is 9.59 Å². The van der Waals surface area contributed by atoms with Gasteiger partial charge < -0.3 is 9.47 Å². The average Bonchev–Trinajstić information content (AvgIpc) is 3.05. The molecule has 0 aromatic carbocycles. The Hall–Kier alpha value is -1.16. The van der Waals surface area contributed by atoms with E-state index in [1.165, 1.54) is 12.8 Å². The molecule has 4 unspecified atom stereocenters.